The first kappa shape index (κ1) is 17.6. The summed E-state index contributed by atoms with van der Waals surface area (Å²) < 4.78 is 2.60. The summed E-state index contributed by atoms with van der Waals surface area (Å²) in [6.45, 7) is 1.41. The molecule has 6 heteroatoms. The molecule has 2 heterocycles. The normalized spacial score (nSPS) is 19.2. The summed E-state index contributed by atoms with van der Waals surface area (Å²) >= 11 is 0. The fourth-order valence-electron chi connectivity index (χ4n) is 3.65. The van der Waals surface area contributed by atoms with E-state index in [4.69, 9.17) is 0 Å². The molecule has 6 nitrogen and oxygen atoms in total. The lowest BCUT2D eigenvalue weighted by Crippen LogP contribution is -2.41. The Kier molecular flexibility index (Phi) is 5.20. The second-order valence-electron chi connectivity index (χ2n) is 6.84. The third kappa shape index (κ3) is 3.75. The SMILES string of the molecule is Cn1cc(CN2CCC[C@H]2C[C@@H](O)c2ccccc2)c(=O)n(C)c1=O. The Morgan fingerprint density at radius 3 is 2.64 bits per heavy atom. The average molecular weight is 343 g/mol. The molecule has 0 saturated carbocycles. The highest BCUT2D eigenvalue weighted by Crippen LogP contribution is 2.28. The molecule has 0 spiro atoms. The van der Waals surface area contributed by atoms with Gasteiger partial charge in [0, 0.05) is 38.4 Å². The van der Waals surface area contributed by atoms with Crippen molar-refractivity contribution in [1.29, 1.82) is 0 Å². The smallest absolute Gasteiger partial charge is 0.330 e. The second-order valence-corrected chi connectivity index (χ2v) is 6.84. The van der Waals surface area contributed by atoms with Gasteiger partial charge in [-0.25, -0.2) is 4.79 Å². The summed E-state index contributed by atoms with van der Waals surface area (Å²) in [5.41, 5.74) is 0.988. The fourth-order valence-corrected chi connectivity index (χ4v) is 3.65. The number of aliphatic hydroxyl groups is 1. The number of rotatable bonds is 5. The largest absolute Gasteiger partial charge is 0.388 e. The van der Waals surface area contributed by atoms with E-state index in [0.29, 0.717) is 18.5 Å². The van der Waals surface area contributed by atoms with Crippen molar-refractivity contribution in [1.82, 2.24) is 14.0 Å². The number of hydrogen-bond donors (Lipinski definition) is 1. The number of hydrogen-bond acceptors (Lipinski definition) is 4. The van der Waals surface area contributed by atoms with Gasteiger partial charge < -0.3 is 9.67 Å². The highest BCUT2D eigenvalue weighted by molar-refractivity contribution is 5.17. The van der Waals surface area contributed by atoms with Crippen molar-refractivity contribution < 1.29 is 5.11 Å². The lowest BCUT2D eigenvalue weighted by molar-refractivity contribution is 0.117. The number of aliphatic hydroxyl groups excluding tert-OH is 1. The van der Waals surface area contributed by atoms with Crippen LogP contribution in [0.15, 0.2) is 46.1 Å². The van der Waals surface area contributed by atoms with Crippen molar-refractivity contribution in [2.45, 2.75) is 38.0 Å². The maximum absolute atomic E-state index is 12.4. The van der Waals surface area contributed by atoms with E-state index in [9.17, 15) is 14.7 Å². The van der Waals surface area contributed by atoms with E-state index in [2.05, 4.69) is 4.90 Å². The van der Waals surface area contributed by atoms with Crippen molar-refractivity contribution in [3.63, 3.8) is 0 Å². The number of aromatic nitrogens is 2. The molecule has 2 atom stereocenters. The van der Waals surface area contributed by atoms with Gasteiger partial charge in [0.15, 0.2) is 0 Å². The van der Waals surface area contributed by atoms with Gasteiger partial charge in [-0.3, -0.25) is 14.3 Å². The zero-order valence-corrected chi connectivity index (χ0v) is 14.8. The molecular formula is C19H25N3O3. The van der Waals surface area contributed by atoms with E-state index in [1.54, 1.807) is 13.2 Å². The van der Waals surface area contributed by atoms with E-state index < -0.39 is 6.10 Å². The van der Waals surface area contributed by atoms with E-state index in [-0.39, 0.29) is 17.3 Å². The molecule has 1 saturated heterocycles. The monoisotopic (exact) mass is 343 g/mol. The van der Waals surface area contributed by atoms with Crippen molar-refractivity contribution in [3.8, 4) is 0 Å². The van der Waals surface area contributed by atoms with Gasteiger partial charge in [0.25, 0.3) is 5.56 Å². The van der Waals surface area contributed by atoms with Crippen molar-refractivity contribution in [2.75, 3.05) is 6.54 Å². The molecule has 0 radical (unpaired) electrons. The van der Waals surface area contributed by atoms with Crippen LogP contribution in [0.25, 0.3) is 0 Å². The standard InChI is InChI=1S/C19H25N3O3/c1-20-12-15(18(24)21(2)19(20)25)13-22-10-6-9-16(22)11-17(23)14-7-4-3-5-8-14/h3-5,7-8,12,16-17,23H,6,9-11,13H2,1-2H3/t16-,17+/m0/s1. The molecule has 1 aliphatic rings. The van der Waals surface area contributed by atoms with Crippen LogP contribution in [-0.2, 0) is 20.6 Å². The molecule has 0 unspecified atom stereocenters. The predicted molar refractivity (Wildman–Crippen MR) is 96.4 cm³/mol. The van der Waals surface area contributed by atoms with Gasteiger partial charge in [-0.05, 0) is 31.4 Å². The summed E-state index contributed by atoms with van der Waals surface area (Å²) in [5, 5.41) is 10.5. The molecule has 1 aromatic carbocycles. The summed E-state index contributed by atoms with van der Waals surface area (Å²) in [4.78, 5) is 26.4. The Balaban J connectivity index is 1.75. The minimum Gasteiger partial charge on any atom is -0.388 e. The van der Waals surface area contributed by atoms with Crippen LogP contribution in [0.3, 0.4) is 0 Å². The summed E-state index contributed by atoms with van der Waals surface area (Å²) in [6.07, 6.45) is 3.84. The third-order valence-corrected chi connectivity index (χ3v) is 5.07. The number of benzene rings is 1. The molecule has 1 N–H and O–H groups in total. The van der Waals surface area contributed by atoms with Gasteiger partial charge >= 0.3 is 5.69 Å². The Hall–Kier alpha value is -2.18. The van der Waals surface area contributed by atoms with Crippen LogP contribution in [0.1, 0.15) is 36.5 Å². The highest BCUT2D eigenvalue weighted by Gasteiger charge is 2.28. The molecule has 0 bridgehead atoms. The Morgan fingerprint density at radius 2 is 1.92 bits per heavy atom. The highest BCUT2D eigenvalue weighted by atomic mass is 16.3. The fraction of sp³-hybridized carbons (Fsp3) is 0.474. The third-order valence-electron chi connectivity index (χ3n) is 5.07. The van der Waals surface area contributed by atoms with Gasteiger partial charge in [0.2, 0.25) is 0 Å². The predicted octanol–water partition coefficient (Wildman–Crippen LogP) is 1.17. The molecular weight excluding hydrogens is 318 g/mol. The molecule has 2 aromatic rings. The molecule has 1 aliphatic heterocycles. The zero-order chi connectivity index (χ0) is 18.0. The lowest BCUT2D eigenvalue weighted by Gasteiger charge is -2.26. The number of aryl methyl sites for hydroxylation is 1. The van der Waals surface area contributed by atoms with Crippen LogP contribution in [0, 0.1) is 0 Å². The summed E-state index contributed by atoms with van der Waals surface area (Å²) in [5.74, 6) is 0. The van der Waals surface area contributed by atoms with Gasteiger partial charge in [-0.2, -0.15) is 0 Å². The minimum atomic E-state index is -0.505. The zero-order valence-electron chi connectivity index (χ0n) is 14.8. The minimum absolute atomic E-state index is 0.233. The van der Waals surface area contributed by atoms with Crippen molar-refractivity contribution >= 4 is 0 Å². The average Bonchev–Trinajstić information content (AvgIpc) is 3.05. The first-order valence-corrected chi connectivity index (χ1v) is 8.70. The quantitative estimate of drug-likeness (QED) is 0.885. The van der Waals surface area contributed by atoms with E-state index in [1.807, 2.05) is 30.3 Å². The van der Waals surface area contributed by atoms with Crippen LogP contribution >= 0.6 is 0 Å². The molecule has 3 rings (SSSR count). The number of likely N-dealkylation sites (tertiary alicyclic amines) is 1. The summed E-state index contributed by atoms with van der Waals surface area (Å²) in [6, 6.07) is 9.91. The Labute approximate surface area is 147 Å². The van der Waals surface area contributed by atoms with Crippen LogP contribution in [0.2, 0.25) is 0 Å². The molecule has 1 fully saturated rings. The van der Waals surface area contributed by atoms with Crippen LogP contribution in [0.4, 0.5) is 0 Å². The molecule has 1 aromatic heterocycles. The van der Waals surface area contributed by atoms with Gasteiger partial charge in [-0.1, -0.05) is 30.3 Å². The summed E-state index contributed by atoms with van der Waals surface area (Å²) in [7, 11) is 3.17. The maximum atomic E-state index is 12.4. The van der Waals surface area contributed by atoms with Gasteiger partial charge in [-0.15, -0.1) is 0 Å². The van der Waals surface area contributed by atoms with E-state index in [0.717, 1.165) is 29.5 Å². The van der Waals surface area contributed by atoms with E-state index >= 15 is 0 Å². The molecule has 25 heavy (non-hydrogen) atoms. The molecule has 134 valence electrons. The van der Waals surface area contributed by atoms with E-state index in [1.165, 1.54) is 11.6 Å². The maximum Gasteiger partial charge on any atom is 0.330 e. The molecule has 0 aliphatic carbocycles. The molecule has 0 amide bonds. The first-order valence-electron chi connectivity index (χ1n) is 8.70. The number of nitrogens with zero attached hydrogens (tertiary/aromatic N) is 3. The van der Waals surface area contributed by atoms with Crippen molar-refractivity contribution in [3.05, 3.63) is 68.5 Å². The Bertz CT molecular complexity index is 841. The van der Waals surface area contributed by atoms with Crippen LogP contribution in [0.5, 0.6) is 0 Å². The van der Waals surface area contributed by atoms with Gasteiger partial charge in [0.05, 0.1) is 6.10 Å². The second kappa shape index (κ2) is 7.37. The first-order chi connectivity index (χ1) is 12.0. The van der Waals surface area contributed by atoms with Crippen LogP contribution in [-0.4, -0.2) is 31.7 Å². The van der Waals surface area contributed by atoms with Crippen molar-refractivity contribution in [2.24, 2.45) is 14.1 Å². The Morgan fingerprint density at radius 1 is 1.20 bits per heavy atom. The van der Waals surface area contributed by atoms with Gasteiger partial charge in [0.1, 0.15) is 0 Å². The lowest BCUT2D eigenvalue weighted by atomic mass is 10.0. The topological polar surface area (TPSA) is 67.5 Å². The van der Waals surface area contributed by atoms with Crippen LogP contribution < -0.4 is 11.2 Å².